The van der Waals surface area contributed by atoms with Gasteiger partial charge in [-0.15, -0.1) is 0 Å². The first kappa shape index (κ1) is 13.2. The fourth-order valence-electron chi connectivity index (χ4n) is 3.01. The van der Waals surface area contributed by atoms with E-state index in [1.54, 1.807) is 0 Å². The number of fused-ring (bicyclic) bond motifs is 1. The number of rotatable bonds is 3. The van der Waals surface area contributed by atoms with E-state index in [-0.39, 0.29) is 5.91 Å². The average Bonchev–Trinajstić information content (AvgIpc) is 2.93. The highest BCUT2D eigenvalue weighted by Gasteiger charge is 2.25. The Bertz CT molecular complexity index is 566. The average molecular weight is 271 g/mol. The number of H-pyrrole nitrogens is 1. The number of carbonyl (C=O) groups excluding carboxylic acids is 1. The molecule has 1 aromatic heterocycles. The fourth-order valence-corrected chi connectivity index (χ4v) is 3.01. The number of nitrogens with one attached hydrogen (secondary N) is 2. The molecule has 0 radical (unpaired) electrons. The van der Waals surface area contributed by atoms with Crippen molar-refractivity contribution in [3.05, 3.63) is 36.0 Å². The Labute approximate surface area is 119 Å². The Hall–Kier alpha value is -1.81. The lowest BCUT2D eigenvalue weighted by atomic mass is 10.1. The maximum atomic E-state index is 12.7. The van der Waals surface area contributed by atoms with Crippen LogP contribution in [0.25, 0.3) is 10.9 Å². The normalized spacial score (nSPS) is 19.1. The molecule has 1 aliphatic heterocycles. The molecular weight excluding hydrogens is 250 g/mol. The van der Waals surface area contributed by atoms with Gasteiger partial charge in [-0.25, -0.2) is 0 Å². The summed E-state index contributed by atoms with van der Waals surface area (Å²) in [6.45, 7) is 4.77. The molecule has 1 unspecified atom stereocenters. The lowest BCUT2D eigenvalue weighted by Gasteiger charge is -2.33. The summed E-state index contributed by atoms with van der Waals surface area (Å²) in [4.78, 5) is 17.9. The number of nitrogens with zero attached hydrogens (tertiary/aromatic N) is 1. The Morgan fingerprint density at radius 1 is 1.40 bits per heavy atom. The maximum Gasteiger partial charge on any atom is 0.270 e. The van der Waals surface area contributed by atoms with Gasteiger partial charge in [-0.2, -0.15) is 0 Å². The van der Waals surface area contributed by atoms with Crippen molar-refractivity contribution in [3.8, 4) is 0 Å². The molecule has 0 saturated carbocycles. The van der Waals surface area contributed by atoms with E-state index in [4.69, 9.17) is 0 Å². The van der Waals surface area contributed by atoms with Gasteiger partial charge in [-0.1, -0.05) is 18.2 Å². The van der Waals surface area contributed by atoms with Gasteiger partial charge in [-0.3, -0.25) is 4.79 Å². The molecule has 106 valence electrons. The van der Waals surface area contributed by atoms with Crippen LogP contribution in [0.1, 0.15) is 30.3 Å². The largest absolute Gasteiger partial charge is 0.351 e. The molecule has 2 heterocycles. The zero-order chi connectivity index (χ0) is 13.9. The first-order valence-electron chi connectivity index (χ1n) is 7.39. The van der Waals surface area contributed by atoms with Gasteiger partial charge in [0.25, 0.3) is 5.91 Å². The van der Waals surface area contributed by atoms with Crippen LogP contribution < -0.4 is 5.32 Å². The molecule has 4 heteroatoms. The SMILES string of the molecule is CCN(C(=O)c1cc2ccccc2[nH]1)C1CCCNC1. The minimum Gasteiger partial charge on any atom is -0.351 e. The fraction of sp³-hybridized carbons (Fsp3) is 0.438. The third-order valence-electron chi connectivity index (χ3n) is 4.07. The van der Waals surface area contributed by atoms with Crippen molar-refractivity contribution in [1.82, 2.24) is 15.2 Å². The number of amides is 1. The van der Waals surface area contributed by atoms with E-state index < -0.39 is 0 Å². The predicted octanol–water partition coefficient (Wildman–Crippen LogP) is 2.38. The van der Waals surface area contributed by atoms with E-state index in [1.165, 1.54) is 0 Å². The molecule has 1 amide bonds. The summed E-state index contributed by atoms with van der Waals surface area (Å²) >= 11 is 0. The van der Waals surface area contributed by atoms with Crippen LogP contribution in [0, 0.1) is 0 Å². The zero-order valence-corrected chi connectivity index (χ0v) is 11.9. The zero-order valence-electron chi connectivity index (χ0n) is 11.9. The van der Waals surface area contributed by atoms with Crippen LogP contribution in [0.4, 0.5) is 0 Å². The molecule has 0 spiro atoms. The predicted molar refractivity (Wildman–Crippen MR) is 80.9 cm³/mol. The maximum absolute atomic E-state index is 12.7. The van der Waals surface area contributed by atoms with Crippen LogP contribution >= 0.6 is 0 Å². The van der Waals surface area contributed by atoms with Crippen LogP contribution in [0.3, 0.4) is 0 Å². The topological polar surface area (TPSA) is 48.1 Å². The molecule has 0 aliphatic carbocycles. The van der Waals surface area contributed by atoms with Crippen LogP contribution in [0.5, 0.6) is 0 Å². The summed E-state index contributed by atoms with van der Waals surface area (Å²) in [5, 5.41) is 4.47. The lowest BCUT2D eigenvalue weighted by Crippen LogP contribution is -2.48. The van der Waals surface area contributed by atoms with E-state index in [2.05, 4.69) is 17.2 Å². The number of aromatic nitrogens is 1. The lowest BCUT2D eigenvalue weighted by molar-refractivity contribution is 0.0657. The summed E-state index contributed by atoms with van der Waals surface area (Å²) in [5.74, 6) is 0.109. The molecule has 1 atom stereocenters. The van der Waals surface area contributed by atoms with Crippen LogP contribution in [-0.4, -0.2) is 41.5 Å². The molecular formula is C16H21N3O. The van der Waals surface area contributed by atoms with Crippen molar-refractivity contribution < 1.29 is 4.79 Å². The molecule has 0 bridgehead atoms. The Morgan fingerprint density at radius 2 is 2.25 bits per heavy atom. The number of para-hydroxylation sites is 1. The van der Waals surface area contributed by atoms with Gasteiger partial charge in [0.1, 0.15) is 5.69 Å². The minimum atomic E-state index is 0.109. The minimum absolute atomic E-state index is 0.109. The second-order valence-electron chi connectivity index (χ2n) is 5.36. The number of aromatic amines is 1. The van der Waals surface area contributed by atoms with Crippen LogP contribution in [-0.2, 0) is 0 Å². The number of hydrogen-bond donors (Lipinski definition) is 2. The number of hydrogen-bond acceptors (Lipinski definition) is 2. The molecule has 1 fully saturated rings. The van der Waals surface area contributed by atoms with E-state index >= 15 is 0 Å². The molecule has 4 nitrogen and oxygen atoms in total. The molecule has 2 aromatic rings. The van der Waals surface area contributed by atoms with Gasteiger partial charge in [0, 0.05) is 30.0 Å². The number of carbonyl (C=O) groups is 1. The van der Waals surface area contributed by atoms with Crippen molar-refractivity contribution in [3.63, 3.8) is 0 Å². The highest BCUT2D eigenvalue weighted by molar-refractivity contribution is 5.98. The Morgan fingerprint density at radius 3 is 2.95 bits per heavy atom. The third kappa shape index (κ3) is 2.43. The molecule has 1 saturated heterocycles. The summed E-state index contributed by atoms with van der Waals surface area (Å²) in [5.41, 5.74) is 1.72. The third-order valence-corrected chi connectivity index (χ3v) is 4.07. The first-order chi connectivity index (χ1) is 9.79. The van der Waals surface area contributed by atoms with Crippen molar-refractivity contribution in [2.75, 3.05) is 19.6 Å². The van der Waals surface area contributed by atoms with Gasteiger partial charge in [0.05, 0.1) is 0 Å². The molecule has 2 N–H and O–H groups in total. The smallest absolute Gasteiger partial charge is 0.270 e. The Balaban J connectivity index is 1.85. The molecule has 1 aromatic carbocycles. The van der Waals surface area contributed by atoms with Gasteiger partial charge < -0.3 is 15.2 Å². The molecule has 1 aliphatic rings. The highest BCUT2D eigenvalue weighted by atomic mass is 16.2. The molecule has 20 heavy (non-hydrogen) atoms. The van der Waals surface area contributed by atoms with Crippen molar-refractivity contribution >= 4 is 16.8 Å². The second-order valence-corrected chi connectivity index (χ2v) is 5.36. The summed E-state index contributed by atoms with van der Waals surface area (Å²) in [6.07, 6.45) is 2.23. The number of piperidine rings is 1. The number of benzene rings is 1. The van der Waals surface area contributed by atoms with E-state index in [0.717, 1.165) is 43.4 Å². The first-order valence-corrected chi connectivity index (χ1v) is 7.39. The summed E-state index contributed by atoms with van der Waals surface area (Å²) in [7, 11) is 0. The summed E-state index contributed by atoms with van der Waals surface area (Å²) in [6, 6.07) is 10.3. The molecule has 3 rings (SSSR count). The van der Waals surface area contributed by atoms with Crippen molar-refractivity contribution in [2.45, 2.75) is 25.8 Å². The van der Waals surface area contributed by atoms with E-state index in [9.17, 15) is 4.79 Å². The standard InChI is InChI=1S/C16H21N3O/c1-2-19(13-7-5-9-17-11-13)16(20)15-10-12-6-3-4-8-14(12)18-15/h3-4,6,8,10,13,17-18H,2,5,7,9,11H2,1H3. The van der Waals surface area contributed by atoms with Crippen LogP contribution in [0.15, 0.2) is 30.3 Å². The second kappa shape index (κ2) is 5.67. The van der Waals surface area contributed by atoms with Crippen LogP contribution in [0.2, 0.25) is 0 Å². The van der Waals surface area contributed by atoms with E-state index in [1.807, 2.05) is 35.2 Å². The monoisotopic (exact) mass is 271 g/mol. The van der Waals surface area contributed by atoms with Gasteiger partial charge >= 0.3 is 0 Å². The van der Waals surface area contributed by atoms with Gasteiger partial charge in [0.15, 0.2) is 0 Å². The van der Waals surface area contributed by atoms with Gasteiger partial charge in [-0.05, 0) is 38.4 Å². The highest BCUT2D eigenvalue weighted by Crippen LogP contribution is 2.18. The van der Waals surface area contributed by atoms with Crippen molar-refractivity contribution in [2.24, 2.45) is 0 Å². The van der Waals surface area contributed by atoms with Crippen molar-refractivity contribution in [1.29, 1.82) is 0 Å². The van der Waals surface area contributed by atoms with Gasteiger partial charge in [0.2, 0.25) is 0 Å². The number of likely N-dealkylation sites (N-methyl/N-ethyl adjacent to an activating group) is 1. The summed E-state index contributed by atoms with van der Waals surface area (Å²) < 4.78 is 0. The van der Waals surface area contributed by atoms with E-state index in [0.29, 0.717) is 11.7 Å². The quantitative estimate of drug-likeness (QED) is 0.900. The Kier molecular flexibility index (Phi) is 3.74.